The van der Waals surface area contributed by atoms with Gasteiger partial charge in [0.2, 0.25) is 0 Å². The fraction of sp³-hybridized carbons (Fsp3) is 0.769. The Kier molecular flexibility index (Phi) is 2.14. The van der Waals surface area contributed by atoms with Gasteiger partial charge in [-0.1, -0.05) is 0 Å². The van der Waals surface area contributed by atoms with E-state index in [-0.39, 0.29) is 36.4 Å². The van der Waals surface area contributed by atoms with Gasteiger partial charge < -0.3 is 14.2 Å². The van der Waals surface area contributed by atoms with E-state index >= 15 is 0 Å². The van der Waals surface area contributed by atoms with E-state index in [0.717, 1.165) is 0 Å². The van der Waals surface area contributed by atoms with Gasteiger partial charge in [0.1, 0.15) is 0 Å². The number of cyclic esters (lactones) is 3. The Morgan fingerprint density at radius 3 is 2.79 bits per heavy atom. The molecule has 19 heavy (non-hydrogen) atoms. The summed E-state index contributed by atoms with van der Waals surface area (Å²) >= 11 is 0. The molecule has 0 radical (unpaired) electrons. The van der Waals surface area contributed by atoms with Crippen molar-refractivity contribution in [3.05, 3.63) is 0 Å². The second-order valence-electron chi connectivity index (χ2n) is 5.91. The van der Waals surface area contributed by atoms with Crippen molar-refractivity contribution in [1.29, 1.82) is 0 Å². The molecular weight excluding hydrogens is 252 g/mol. The van der Waals surface area contributed by atoms with Crippen LogP contribution in [0.1, 0.15) is 19.3 Å². The van der Waals surface area contributed by atoms with E-state index in [1.165, 1.54) is 0 Å². The summed E-state index contributed by atoms with van der Waals surface area (Å²) in [6, 6.07) is 0. The number of carbonyl (C=O) groups is 3. The number of hydrogen-bond acceptors (Lipinski definition) is 6. The third kappa shape index (κ3) is 1.23. The highest BCUT2D eigenvalue weighted by Crippen LogP contribution is 2.65. The molecule has 4 fully saturated rings. The fourth-order valence-corrected chi connectivity index (χ4v) is 4.67. The quantitative estimate of drug-likeness (QED) is 0.462. The Morgan fingerprint density at radius 1 is 1.11 bits per heavy atom. The van der Waals surface area contributed by atoms with Gasteiger partial charge in [0.25, 0.3) is 0 Å². The van der Waals surface area contributed by atoms with Gasteiger partial charge >= 0.3 is 17.9 Å². The van der Waals surface area contributed by atoms with E-state index in [9.17, 15) is 14.4 Å². The van der Waals surface area contributed by atoms with Crippen molar-refractivity contribution in [2.24, 2.45) is 29.1 Å². The van der Waals surface area contributed by atoms with Crippen LogP contribution in [-0.2, 0) is 28.6 Å². The van der Waals surface area contributed by atoms with Gasteiger partial charge in [0, 0.05) is 5.92 Å². The summed E-state index contributed by atoms with van der Waals surface area (Å²) in [5.41, 5.74) is -0.702. The molecule has 102 valence electrons. The Balaban J connectivity index is 1.84. The van der Waals surface area contributed by atoms with Crippen molar-refractivity contribution in [3.8, 4) is 0 Å². The molecule has 4 rings (SSSR count). The predicted molar refractivity (Wildman–Crippen MR) is 58.3 cm³/mol. The van der Waals surface area contributed by atoms with Crippen molar-refractivity contribution in [3.63, 3.8) is 0 Å². The Labute approximate surface area is 109 Å². The lowest BCUT2D eigenvalue weighted by Gasteiger charge is -2.36. The van der Waals surface area contributed by atoms with E-state index in [1.54, 1.807) is 0 Å². The number of esters is 3. The predicted octanol–water partition coefficient (Wildman–Crippen LogP) is 0.249. The minimum Gasteiger partial charge on any atom is -0.438 e. The summed E-state index contributed by atoms with van der Waals surface area (Å²) in [7, 11) is 0. The number of ether oxygens (including phenoxy) is 3. The molecule has 5 unspecified atom stereocenters. The summed E-state index contributed by atoms with van der Waals surface area (Å²) in [6.45, 7) is 0.318. The molecule has 0 aromatic rings. The third-order valence-electron chi connectivity index (χ3n) is 5.38. The maximum Gasteiger partial charge on any atom is 0.320 e. The van der Waals surface area contributed by atoms with Crippen LogP contribution >= 0.6 is 0 Å². The first kappa shape index (κ1) is 11.4. The lowest BCUT2D eigenvalue weighted by atomic mass is 9.70. The molecule has 5 atom stereocenters. The SMILES string of the molecule is O=C1OCOCC2CC1C1C3CCC21C(=O)OC3=O. The highest BCUT2D eigenvalue weighted by Gasteiger charge is 2.71. The second kappa shape index (κ2) is 3.56. The zero-order valence-electron chi connectivity index (χ0n) is 10.3. The molecule has 2 saturated carbocycles. The van der Waals surface area contributed by atoms with Gasteiger partial charge in [-0.05, 0) is 25.2 Å². The van der Waals surface area contributed by atoms with Crippen LogP contribution in [0.3, 0.4) is 0 Å². The largest absolute Gasteiger partial charge is 0.438 e. The van der Waals surface area contributed by atoms with Crippen molar-refractivity contribution in [1.82, 2.24) is 0 Å². The highest BCUT2D eigenvalue weighted by atomic mass is 16.7. The van der Waals surface area contributed by atoms with E-state index in [1.807, 2.05) is 0 Å². The standard InChI is InChI=1S/C13H14O6/c14-10-8-3-6(4-17-5-18-10)13-2-1-7(9(8)13)11(15)19-12(13)16/h6-9H,1-5H2. The number of carbonyl (C=O) groups excluding carboxylic acids is 3. The molecule has 0 aromatic carbocycles. The first-order valence-corrected chi connectivity index (χ1v) is 6.65. The molecular formula is C13H14O6. The van der Waals surface area contributed by atoms with E-state index < -0.39 is 17.4 Å². The highest BCUT2D eigenvalue weighted by molar-refractivity contribution is 5.96. The van der Waals surface area contributed by atoms with E-state index in [4.69, 9.17) is 14.2 Å². The van der Waals surface area contributed by atoms with Crippen LogP contribution < -0.4 is 0 Å². The summed E-state index contributed by atoms with van der Waals surface area (Å²) in [4.78, 5) is 36.2. The lowest BCUT2D eigenvalue weighted by Crippen LogP contribution is -2.48. The number of hydrogen-bond donors (Lipinski definition) is 0. The Bertz CT molecular complexity index is 486. The van der Waals surface area contributed by atoms with Gasteiger partial charge in [0.15, 0.2) is 6.79 Å². The van der Waals surface area contributed by atoms with Crippen LogP contribution in [-0.4, -0.2) is 31.3 Å². The molecule has 4 bridgehead atoms. The molecule has 2 saturated heterocycles. The van der Waals surface area contributed by atoms with Gasteiger partial charge in [-0.25, -0.2) is 0 Å². The second-order valence-corrected chi connectivity index (χ2v) is 5.91. The molecule has 0 aromatic heterocycles. The smallest absolute Gasteiger partial charge is 0.320 e. The Morgan fingerprint density at radius 2 is 1.95 bits per heavy atom. The van der Waals surface area contributed by atoms with Crippen LogP contribution in [0, 0.1) is 29.1 Å². The molecule has 2 aliphatic heterocycles. The third-order valence-corrected chi connectivity index (χ3v) is 5.38. The van der Waals surface area contributed by atoms with Crippen molar-refractivity contribution in [2.45, 2.75) is 19.3 Å². The van der Waals surface area contributed by atoms with E-state index in [2.05, 4.69) is 0 Å². The van der Waals surface area contributed by atoms with Crippen LogP contribution in [0.15, 0.2) is 0 Å². The first-order valence-electron chi connectivity index (χ1n) is 6.65. The topological polar surface area (TPSA) is 78.9 Å². The maximum absolute atomic E-state index is 12.3. The lowest BCUT2D eigenvalue weighted by molar-refractivity contribution is -0.182. The average Bonchev–Trinajstić information content (AvgIpc) is 2.85. The monoisotopic (exact) mass is 266 g/mol. The summed E-state index contributed by atoms with van der Waals surface area (Å²) in [5.74, 6) is -2.26. The summed E-state index contributed by atoms with van der Waals surface area (Å²) < 4.78 is 15.3. The van der Waals surface area contributed by atoms with Gasteiger partial charge in [-0.3, -0.25) is 14.4 Å². The molecule has 0 N–H and O–H groups in total. The molecule has 0 amide bonds. The normalized spacial score (nSPS) is 48.1. The minimum atomic E-state index is -0.702. The van der Waals surface area contributed by atoms with Crippen molar-refractivity contribution >= 4 is 17.9 Å². The zero-order chi connectivity index (χ0) is 13.2. The van der Waals surface area contributed by atoms with Crippen molar-refractivity contribution < 1.29 is 28.6 Å². The van der Waals surface area contributed by atoms with E-state index in [0.29, 0.717) is 25.9 Å². The first-order chi connectivity index (χ1) is 9.14. The minimum absolute atomic E-state index is 0.0408. The molecule has 4 aliphatic rings. The molecule has 0 spiro atoms. The average molecular weight is 266 g/mol. The molecule has 6 nitrogen and oxygen atoms in total. The van der Waals surface area contributed by atoms with Crippen LogP contribution in [0.2, 0.25) is 0 Å². The Hall–Kier alpha value is -1.43. The van der Waals surface area contributed by atoms with Gasteiger partial charge in [-0.15, -0.1) is 0 Å². The summed E-state index contributed by atoms with van der Waals surface area (Å²) in [6.07, 6.45) is 1.79. The van der Waals surface area contributed by atoms with Crippen LogP contribution in [0.25, 0.3) is 0 Å². The molecule has 6 heteroatoms. The zero-order valence-corrected chi connectivity index (χ0v) is 10.3. The van der Waals surface area contributed by atoms with Gasteiger partial charge in [-0.2, -0.15) is 0 Å². The maximum atomic E-state index is 12.3. The number of fused-ring (bicyclic) bond motifs is 2. The molecule has 2 heterocycles. The summed E-state index contributed by atoms with van der Waals surface area (Å²) in [5, 5.41) is 0. The molecule has 2 aliphatic carbocycles. The van der Waals surface area contributed by atoms with Crippen molar-refractivity contribution in [2.75, 3.05) is 13.4 Å². The fourth-order valence-electron chi connectivity index (χ4n) is 4.67. The van der Waals surface area contributed by atoms with Gasteiger partial charge in [0.05, 0.1) is 23.9 Å². The number of rotatable bonds is 0. The van der Waals surface area contributed by atoms with Crippen LogP contribution in [0.5, 0.6) is 0 Å². The van der Waals surface area contributed by atoms with Crippen LogP contribution in [0.4, 0.5) is 0 Å².